The zero-order chi connectivity index (χ0) is 13.7. The molecule has 1 atom stereocenters. The maximum Gasteiger partial charge on any atom is 0.387 e. The molecular weight excluding hydrogens is 252 g/mol. The fourth-order valence-corrected chi connectivity index (χ4v) is 1.77. The van der Waals surface area contributed by atoms with Crippen molar-refractivity contribution in [1.29, 1.82) is 0 Å². The van der Waals surface area contributed by atoms with Gasteiger partial charge in [-0.05, 0) is 29.3 Å². The second kappa shape index (κ2) is 6.21. The molecule has 6 heteroatoms. The summed E-state index contributed by atoms with van der Waals surface area (Å²) in [5.41, 5.74) is 4.38. The molecule has 100 valence electrons. The van der Waals surface area contributed by atoms with Crippen LogP contribution in [0.3, 0.4) is 0 Å². The third kappa shape index (κ3) is 3.46. The van der Waals surface area contributed by atoms with Gasteiger partial charge >= 0.3 is 6.61 Å². The third-order valence-electron chi connectivity index (χ3n) is 2.62. The topological polar surface area (TPSA) is 60.2 Å². The maximum absolute atomic E-state index is 12.0. The Hall–Kier alpha value is -2.05. The Morgan fingerprint density at radius 3 is 2.37 bits per heavy atom. The van der Waals surface area contributed by atoms with Gasteiger partial charge in [-0.1, -0.05) is 18.2 Å². The Bertz CT molecular complexity index is 505. The summed E-state index contributed by atoms with van der Waals surface area (Å²) in [5.74, 6) is 5.64. The average molecular weight is 265 g/mol. The molecule has 4 nitrogen and oxygen atoms in total. The molecule has 2 aromatic rings. The van der Waals surface area contributed by atoms with Gasteiger partial charge in [0, 0.05) is 12.4 Å². The van der Waals surface area contributed by atoms with E-state index < -0.39 is 6.61 Å². The first-order valence-corrected chi connectivity index (χ1v) is 5.61. The maximum atomic E-state index is 12.0. The molecule has 0 saturated heterocycles. The van der Waals surface area contributed by atoms with Crippen molar-refractivity contribution in [2.45, 2.75) is 12.7 Å². The number of nitrogens with one attached hydrogen (secondary N) is 1. The van der Waals surface area contributed by atoms with Crippen LogP contribution in [0.25, 0.3) is 0 Å². The number of alkyl halides is 2. The molecule has 0 spiro atoms. The molecule has 0 amide bonds. The first kappa shape index (κ1) is 13.4. The van der Waals surface area contributed by atoms with E-state index in [1.54, 1.807) is 30.6 Å². The molecule has 1 heterocycles. The minimum absolute atomic E-state index is 0.112. The average Bonchev–Trinajstić information content (AvgIpc) is 2.42. The number of nitrogens with zero attached hydrogens (tertiary/aromatic N) is 1. The van der Waals surface area contributed by atoms with Gasteiger partial charge < -0.3 is 4.74 Å². The van der Waals surface area contributed by atoms with Crippen molar-refractivity contribution in [2.75, 3.05) is 0 Å². The summed E-state index contributed by atoms with van der Waals surface area (Å²) in [5, 5.41) is 0. The van der Waals surface area contributed by atoms with Gasteiger partial charge in [-0.25, -0.2) is 5.43 Å². The fourth-order valence-electron chi connectivity index (χ4n) is 1.77. The number of nitrogens with two attached hydrogens (primary N) is 1. The predicted molar refractivity (Wildman–Crippen MR) is 66.5 cm³/mol. The second-order valence-electron chi connectivity index (χ2n) is 3.83. The molecular formula is C13H13F2N3O. The zero-order valence-corrected chi connectivity index (χ0v) is 9.96. The SMILES string of the molecule is NNC(c1ccc(OC(F)F)cc1)c1cccnc1. The van der Waals surface area contributed by atoms with Gasteiger partial charge in [-0.3, -0.25) is 10.8 Å². The minimum atomic E-state index is -2.83. The van der Waals surface area contributed by atoms with Crippen molar-refractivity contribution < 1.29 is 13.5 Å². The van der Waals surface area contributed by atoms with Crippen molar-refractivity contribution >= 4 is 0 Å². The predicted octanol–water partition coefficient (Wildman–Crippen LogP) is 2.24. The van der Waals surface area contributed by atoms with E-state index in [4.69, 9.17) is 5.84 Å². The molecule has 19 heavy (non-hydrogen) atoms. The van der Waals surface area contributed by atoms with Crippen LogP contribution in [0.4, 0.5) is 8.78 Å². The summed E-state index contributed by atoms with van der Waals surface area (Å²) in [6, 6.07) is 9.72. The van der Waals surface area contributed by atoms with Gasteiger partial charge in [-0.2, -0.15) is 8.78 Å². The number of ether oxygens (including phenoxy) is 1. The van der Waals surface area contributed by atoms with E-state index in [1.165, 1.54) is 12.1 Å². The van der Waals surface area contributed by atoms with Crippen LogP contribution in [0, 0.1) is 0 Å². The lowest BCUT2D eigenvalue weighted by molar-refractivity contribution is -0.0498. The number of aromatic nitrogens is 1. The van der Waals surface area contributed by atoms with E-state index >= 15 is 0 Å². The van der Waals surface area contributed by atoms with E-state index in [1.807, 2.05) is 6.07 Å². The number of halogens is 2. The third-order valence-corrected chi connectivity index (χ3v) is 2.62. The van der Waals surface area contributed by atoms with Gasteiger partial charge in [0.05, 0.1) is 6.04 Å². The highest BCUT2D eigenvalue weighted by Crippen LogP contribution is 2.23. The summed E-state index contributed by atoms with van der Waals surface area (Å²) in [4.78, 5) is 4.02. The van der Waals surface area contributed by atoms with Crippen molar-refractivity contribution in [1.82, 2.24) is 10.4 Å². The number of hydrazine groups is 1. The summed E-state index contributed by atoms with van der Waals surface area (Å²) < 4.78 is 28.4. The van der Waals surface area contributed by atoms with Crippen LogP contribution in [0.5, 0.6) is 5.75 Å². The van der Waals surface area contributed by atoms with E-state index in [-0.39, 0.29) is 11.8 Å². The van der Waals surface area contributed by atoms with Crippen LogP contribution < -0.4 is 16.0 Å². The molecule has 0 fully saturated rings. The molecule has 0 aliphatic heterocycles. The van der Waals surface area contributed by atoms with Crippen LogP contribution in [-0.2, 0) is 0 Å². The lowest BCUT2D eigenvalue weighted by Gasteiger charge is -2.16. The smallest absolute Gasteiger partial charge is 0.387 e. The van der Waals surface area contributed by atoms with Gasteiger partial charge in [0.25, 0.3) is 0 Å². The van der Waals surface area contributed by atoms with Crippen LogP contribution in [0.1, 0.15) is 17.2 Å². The van der Waals surface area contributed by atoms with Crippen LogP contribution >= 0.6 is 0 Å². The van der Waals surface area contributed by atoms with E-state index in [2.05, 4.69) is 15.1 Å². The monoisotopic (exact) mass is 265 g/mol. The van der Waals surface area contributed by atoms with E-state index in [0.717, 1.165) is 11.1 Å². The zero-order valence-electron chi connectivity index (χ0n) is 9.96. The van der Waals surface area contributed by atoms with E-state index in [0.29, 0.717) is 0 Å². The number of rotatable bonds is 5. The molecule has 1 aromatic carbocycles. The Morgan fingerprint density at radius 2 is 1.84 bits per heavy atom. The summed E-state index contributed by atoms with van der Waals surface area (Å²) in [6.45, 7) is -2.83. The van der Waals surface area contributed by atoms with Crippen LogP contribution in [0.15, 0.2) is 48.8 Å². The summed E-state index contributed by atoms with van der Waals surface area (Å²) >= 11 is 0. The van der Waals surface area contributed by atoms with Crippen molar-refractivity contribution in [3.05, 3.63) is 59.9 Å². The normalized spacial score (nSPS) is 12.4. The lowest BCUT2D eigenvalue weighted by Crippen LogP contribution is -2.28. The Morgan fingerprint density at radius 1 is 1.11 bits per heavy atom. The summed E-state index contributed by atoms with van der Waals surface area (Å²) in [6.07, 6.45) is 3.35. The molecule has 3 N–H and O–H groups in total. The second-order valence-corrected chi connectivity index (χ2v) is 3.83. The number of benzene rings is 1. The van der Waals surface area contributed by atoms with Gasteiger partial charge in [0.2, 0.25) is 0 Å². The Labute approximate surface area is 109 Å². The van der Waals surface area contributed by atoms with Crippen molar-refractivity contribution in [3.8, 4) is 5.75 Å². The first-order chi connectivity index (χ1) is 9.20. The molecule has 2 rings (SSSR count). The Kier molecular flexibility index (Phi) is 4.38. The number of hydrogen-bond donors (Lipinski definition) is 2. The molecule has 0 radical (unpaired) electrons. The van der Waals surface area contributed by atoms with Crippen molar-refractivity contribution in [3.63, 3.8) is 0 Å². The quantitative estimate of drug-likeness (QED) is 0.643. The molecule has 0 saturated carbocycles. The highest BCUT2D eigenvalue weighted by molar-refractivity contribution is 5.34. The van der Waals surface area contributed by atoms with Crippen LogP contribution in [0.2, 0.25) is 0 Å². The molecule has 0 aliphatic rings. The molecule has 1 aromatic heterocycles. The Balaban J connectivity index is 2.20. The number of hydrogen-bond acceptors (Lipinski definition) is 4. The molecule has 1 unspecified atom stereocenters. The van der Waals surface area contributed by atoms with Gasteiger partial charge in [0.15, 0.2) is 0 Å². The van der Waals surface area contributed by atoms with Gasteiger partial charge in [0.1, 0.15) is 5.75 Å². The van der Waals surface area contributed by atoms with Crippen LogP contribution in [-0.4, -0.2) is 11.6 Å². The highest BCUT2D eigenvalue weighted by atomic mass is 19.3. The lowest BCUT2D eigenvalue weighted by atomic mass is 10.0. The van der Waals surface area contributed by atoms with E-state index in [9.17, 15) is 8.78 Å². The fraction of sp³-hybridized carbons (Fsp3) is 0.154. The molecule has 0 bridgehead atoms. The van der Waals surface area contributed by atoms with Crippen molar-refractivity contribution in [2.24, 2.45) is 5.84 Å². The molecule has 0 aliphatic carbocycles. The summed E-state index contributed by atoms with van der Waals surface area (Å²) in [7, 11) is 0. The number of pyridine rings is 1. The highest BCUT2D eigenvalue weighted by Gasteiger charge is 2.13. The first-order valence-electron chi connectivity index (χ1n) is 5.61. The van der Waals surface area contributed by atoms with Gasteiger partial charge in [-0.15, -0.1) is 0 Å². The largest absolute Gasteiger partial charge is 0.435 e. The standard InChI is InChI=1S/C13H13F2N3O/c14-13(15)19-11-5-3-9(4-6-11)12(18-16)10-2-1-7-17-8-10/h1-8,12-13,18H,16H2. The minimum Gasteiger partial charge on any atom is -0.435 e.